The minimum atomic E-state index is -4.34. The summed E-state index contributed by atoms with van der Waals surface area (Å²) in [5.41, 5.74) is 0.494. The minimum Gasteiger partial charge on any atom is -0.368 e. The fraction of sp³-hybridized carbons (Fsp3) is 0.400. The van der Waals surface area contributed by atoms with E-state index in [9.17, 15) is 13.2 Å². The zero-order chi connectivity index (χ0) is 15.5. The molecule has 0 aliphatic heterocycles. The third-order valence-corrected chi connectivity index (χ3v) is 3.37. The lowest BCUT2D eigenvalue weighted by Crippen LogP contribution is -2.17. The van der Waals surface area contributed by atoms with Gasteiger partial charge in [-0.2, -0.15) is 13.2 Å². The predicted octanol–water partition coefficient (Wildman–Crippen LogP) is 3.87. The van der Waals surface area contributed by atoms with Crippen molar-refractivity contribution in [1.82, 2.24) is 9.55 Å². The molecule has 2 heterocycles. The van der Waals surface area contributed by atoms with Crippen LogP contribution in [0, 0.1) is 0 Å². The van der Waals surface area contributed by atoms with Crippen molar-refractivity contribution >= 4 is 5.82 Å². The average Bonchev–Trinajstić information content (AvgIpc) is 2.81. The van der Waals surface area contributed by atoms with Gasteiger partial charge >= 0.3 is 6.18 Å². The summed E-state index contributed by atoms with van der Waals surface area (Å²) in [7, 11) is 1.99. The first-order chi connectivity index (χ1) is 9.86. The minimum absolute atomic E-state index is 0.129. The van der Waals surface area contributed by atoms with E-state index in [2.05, 4.69) is 20.9 Å². The summed E-state index contributed by atoms with van der Waals surface area (Å²) in [4.78, 5) is 3.81. The number of aryl methyl sites for hydroxylation is 2. The van der Waals surface area contributed by atoms with Crippen LogP contribution in [0.4, 0.5) is 19.0 Å². The van der Waals surface area contributed by atoms with Crippen molar-refractivity contribution in [3.8, 4) is 0 Å². The second-order valence-corrected chi connectivity index (χ2v) is 5.12. The van der Waals surface area contributed by atoms with Gasteiger partial charge < -0.3 is 9.88 Å². The highest BCUT2D eigenvalue weighted by molar-refractivity contribution is 5.37. The summed E-state index contributed by atoms with van der Waals surface area (Å²) in [5.74, 6) is 0.461. The summed E-state index contributed by atoms with van der Waals surface area (Å²) < 4.78 is 39.4. The van der Waals surface area contributed by atoms with Gasteiger partial charge in [0.1, 0.15) is 5.82 Å². The number of halogens is 3. The van der Waals surface area contributed by atoms with E-state index in [1.807, 2.05) is 26.2 Å². The number of alkyl halides is 3. The number of hydrogen-bond acceptors (Lipinski definition) is 2. The summed E-state index contributed by atoms with van der Waals surface area (Å²) in [6.07, 6.45) is 0.277. The molecule has 0 spiro atoms. The van der Waals surface area contributed by atoms with Crippen LogP contribution in [0.25, 0.3) is 0 Å². The van der Waals surface area contributed by atoms with Crippen LogP contribution < -0.4 is 5.32 Å². The average molecular weight is 297 g/mol. The molecule has 0 aliphatic carbocycles. The van der Waals surface area contributed by atoms with Gasteiger partial charge in [0.2, 0.25) is 0 Å². The molecule has 0 aliphatic rings. The van der Waals surface area contributed by atoms with Gasteiger partial charge in [-0.15, -0.1) is 0 Å². The quantitative estimate of drug-likeness (QED) is 0.908. The normalized spacial score (nSPS) is 13.2. The Labute approximate surface area is 121 Å². The zero-order valence-corrected chi connectivity index (χ0v) is 12.0. The number of hydrogen-bond donors (Lipinski definition) is 1. The number of anilines is 1. The monoisotopic (exact) mass is 297 g/mol. The van der Waals surface area contributed by atoms with E-state index in [4.69, 9.17) is 0 Å². The smallest absolute Gasteiger partial charge is 0.368 e. The van der Waals surface area contributed by atoms with Gasteiger partial charge in [0.15, 0.2) is 0 Å². The Morgan fingerprint density at radius 3 is 2.57 bits per heavy atom. The van der Waals surface area contributed by atoms with E-state index in [-0.39, 0.29) is 6.04 Å². The van der Waals surface area contributed by atoms with Crippen molar-refractivity contribution < 1.29 is 13.2 Å². The first-order valence-electron chi connectivity index (χ1n) is 6.76. The Kier molecular flexibility index (Phi) is 4.55. The highest BCUT2D eigenvalue weighted by Crippen LogP contribution is 2.28. The van der Waals surface area contributed by atoms with Crippen LogP contribution in [0.2, 0.25) is 0 Å². The van der Waals surface area contributed by atoms with Crippen molar-refractivity contribution in [2.75, 3.05) is 5.32 Å². The fourth-order valence-corrected chi connectivity index (χ4v) is 2.09. The van der Waals surface area contributed by atoms with Crippen LogP contribution in [-0.2, 0) is 19.6 Å². The molecule has 114 valence electrons. The maximum absolute atomic E-state index is 12.4. The Morgan fingerprint density at radius 2 is 2.05 bits per heavy atom. The van der Waals surface area contributed by atoms with Crippen molar-refractivity contribution in [3.05, 3.63) is 47.9 Å². The van der Waals surface area contributed by atoms with Gasteiger partial charge in [-0.1, -0.05) is 0 Å². The number of nitrogens with one attached hydrogen (secondary N) is 1. The van der Waals surface area contributed by atoms with Gasteiger partial charge in [0.05, 0.1) is 5.56 Å². The Balaban J connectivity index is 1.88. The molecule has 0 saturated carbocycles. The van der Waals surface area contributed by atoms with Crippen LogP contribution in [0.3, 0.4) is 0 Å². The maximum Gasteiger partial charge on any atom is 0.417 e. The van der Waals surface area contributed by atoms with Crippen LogP contribution in [-0.4, -0.2) is 15.6 Å². The number of rotatable bonds is 5. The van der Waals surface area contributed by atoms with Crippen LogP contribution in [0.15, 0.2) is 36.7 Å². The Morgan fingerprint density at radius 1 is 1.29 bits per heavy atom. The maximum atomic E-state index is 12.4. The second-order valence-electron chi connectivity index (χ2n) is 5.12. The predicted molar refractivity (Wildman–Crippen MR) is 76.1 cm³/mol. The van der Waals surface area contributed by atoms with E-state index in [1.165, 1.54) is 11.8 Å². The summed E-state index contributed by atoms with van der Waals surface area (Å²) >= 11 is 0. The highest BCUT2D eigenvalue weighted by atomic mass is 19.4. The number of nitrogens with zero attached hydrogens (tertiary/aromatic N) is 2. The molecule has 6 heteroatoms. The molecule has 1 N–H and O–H groups in total. The van der Waals surface area contributed by atoms with E-state index in [0.717, 1.165) is 25.1 Å². The van der Waals surface area contributed by atoms with Crippen molar-refractivity contribution in [2.45, 2.75) is 32.0 Å². The van der Waals surface area contributed by atoms with Gasteiger partial charge in [-0.05, 0) is 44.0 Å². The molecule has 2 aromatic heterocycles. The topological polar surface area (TPSA) is 29.9 Å². The van der Waals surface area contributed by atoms with E-state index in [0.29, 0.717) is 5.82 Å². The second kappa shape index (κ2) is 6.20. The van der Waals surface area contributed by atoms with Crippen LogP contribution >= 0.6 is 0 Å². The molecule has 2 rings (SSSR count). The lowest BCUT2D eigenvalue weighted by molar-refractivity contribution is -0.137. The molecule has 2 aromatic rings. The number of aromatic nitrogens is 2. The van der Waals surface area contributed by atoms with Crippen LogP contribution in [0.5, 0.6) is 0 Å². The third kappa shape index (κ3) is 4.24. The Hall–Kier alpha value is -1.98. The van der Waals surface area contributed by atoms with E-state index < -0.39 is 11.7 Å². The molecule has 1 atom stereocenters. The Bertz CT molecular complexity index is 573. The standard InChI is InChI=1S/C15H18F3N3/c1-11(5-7-13-4-3-9-21(13)2)20-14-8-6-12(10-19-14)15(16,17)18/h3-4,6,8-11H,5,7H2,1-2H3,(H,19,20)/t11-/m0/s1. The molecule has 3 nitrogen and oxygen atoms in total. The summed E-state index contributed by atoms with van der Waals surface area (Å²) in [6, 6.07) is 6.58. The fourth-order valence-electron chi connectivity index (χ4n) is 2.09. The van der Waals surface area contributed by atoms with Crippen molar-refractivity contribution in [3.63, 3.8) is 0 Å². The van der Waals surface area contributed by atoms with Crippen molar-refractivity contribution in [1.29, 1.82) is 0 Å². The lowest BCUT2D eigenvalue weighted by Gasteiger charge is -2.15. The van der Waals surface area contributed by atoms with E-state index >= 15 is 0 Å². The molecular formula is C15H18F3N3. The zero-order valence-electron chi connectivity index (χ0n) is 12.0. The lowest BCUT2D eigenvalue weighted by atomic mass is 10.1. The molecule has 0 amide bonds. The van der Waals surface area contributed by atoms with Gasteiger partial charge in [0, 0.05) is 31.2 Å². The van der Waals surface area contributed by atoms with Gasteiger partial charge in [-0.25, -0.2) is 4.98 Å². The molecule has 0 bridgehead atoms. The van der Waals surface area contributed by atoms with E-state index in [1.54, 1.807) is 0 Å². The molecule has 0 saturated heterocycles. The first kappa shape index (κ1) is 15.4. The van der Waals surface area contributed by atoms with Crippen molar-refractivity contribution in [2.24, 2.45) is 7.05 Å². The summed E-state index contributed by atoms with van der Waals surface area (Å²) in [5, 5.41) is 3.11. The molecule has 0 radical (unpaired) electrons. The largest absolute Gasteiger partial charge is 0.417 e. The SMILES string of the molecule is C[C@@H](CCc1cccn1C)Nc1ccc(C(F)(F)F)cn1. The molecule has 0 unspecified atom stereocenters. The highest BCUT2D eigenvalue weighted by Gasteiger charge is 2.30. The first-order valence-corrected chi connectivity index (χ1v) is 6.76. The van der Waals surface area contributed by atoms with Gasteiger partial charge in [0.25, 0.3) is 0 Å². The summed E-state index contributed by atoms with van der Waals surface area (Å²) in [6.45, 7) is 1.99. The van der Waals surface area contributed by atoms with Gasteiger partial charge in [-0.3, -0.25) is 0 Å². The third-order valence-electron chi connectivity index (χ3n) is 3.37. The van der Waals surface area contributed by atoms with Crippen LogP contribution in [0.1, 0.15) is 24.6 Å². The molecule has 21 heavy (non-hydrogen) atoms. The molecule has 0 fully saturated rings. The molecule has 0 aromatic carbocycles. The molecular weight excluding hydrogens is 279 g/mol. The number of pyridine rings is 1.